The van der Waals surface area contributed by atoms with Gasteiger partial charge in [0.1, 0.15) is 0 Å². The molecule has 1 saturated carbocycles. The van der Waals surface area contributed by atoms with E-state index in [1.807, 2.05) is 12.1 Å². The molecule has 2 aromatic rings. The molecular formula is C17H17ClN4O2. The van der Waals surface area contributed by atoms with Gasteiger partial charge in [-0.25, -0.2) is 4.79 Å². The summed E-state index contributed by atoms with van der Waals surface area (Å²) >= 11 is 6.08. The molecule has 3 amide bonds. The molecule has 0 spiro atoms. The van der Waals surface area contributed by atoms with Gasteiger partial charge in [0.25, 0.3) is 5.91 Å². The molecule has 1 heterocycles. The lowest BCUT2D eigenvalue weighted by molar-refractivity contribution is 0.0951. The van der Waals surface area contributed by atoms with Gasteiger partial charge in [0, 0.05) is 30.7 Å². The van der Waals surface area contributed by atoms with Crippen LogP contribution in [-0.2, 0) is 6.54 Å². The fourth-order valence-electron chi connectivity index (χ4n) is 2.13. The van der Waals surface area contributed by atoms with Crippen LogP contribution >= 0.6 is 11.6 Å². The number of benzene rings is 1. The van der Waals surface area contributed by atoms with Gasteiger partial charge in [-0.2, -0.15) is 0 Å². The number of hydrogen-bond acceptors (Lipinski definition) is 3. The first-order valence-electron chi connectivity index (χ1n) is 7.66. The molecule has 24 heavy (non-hydrogen) atoms. The second-order valence-corrected chi connectivity index (χ2v) is 6.01. The number of rotatable bonds is 5. The summed E-state index contributed by atoms with van der Waals surface area (Å²) in [6, 6.07) is 8.36. The van der Waals surface area contributed by atoms with Crippen molar-refractivity contribution in [1.29, 1.82) is 0 Å². The minimum atomic E-state index is -0.359. The largest absolute Gasteiger partial charge is 0.349 e. The normalized spacial score (nSPS) is 13.2. The van der Waals surface area contributed by atoms with Gasteiger partial charge in [0.15, 0.2) is 0 Å². The molecule has 1 aliphatic rings. The van der Waals surface area contributed by atoms with Gasteiger partial charge in [-0.1, -0.05) is 11.6 Å². The maximum atomic E-state index is 12.1. The van der Waals surface area contributed by atoms with Crippen LogP contribution in [-0.4, -0.2) is 23.0 Å². The van der Waals surface area contributed by atoms with E-state index < -0.39 is 0 Å². The van der Waals surface area contributed by atoms with Crippen LogP contribution in [0.2, 0.25) is 5.02 Å². The zero-order valence-corrected chi connectivity index (χ0v) is 13.6. The SMILES string of the molecule is O=C(NCc1ccncc1)Nc1ccc(Cl)c(C(=O)NC2CC2)c1. The Morgan fingerprint density at radius 1 is 1.17 bits per heavy atom. The van der Waals surface area contributed by atoms with Crippen LogP contribution in [0.15, 0.2) is 42.7 Å². The second-order valence-electron chi connectivity index (χ2n) is 5.61. The number of nitrogens with zero attached hydrogens (tertiary/aromatic N) is 1. The highest BCUT2D eigenvalue weighted by atomic mass is 35.5. The Hall–Kier alpha value is -2.60. The van der Waals surface area contributed by atoms with Crippen molar-refractivity contribution in [3.8, 4) is 0 Å². The Morgan fingerprint density at radius 2 is 1.92 bits per heavy atom. The van der Waals surface area contributed by atoms with Crippen LogP contribution in [0.4, 0.5) is 10.5 Å². The maximum absolute atomic E-state index is 12.1. The summed E-state index contributed by atoms with van der Waals surface area (Å²) in [6.45, 7) is 0.386. The van der Waals surface area contributed by atoms with Gasteiger partial charge < -0.3 is 16.0 Å². The van der Waals surface area contributed by atoms with E-state index in [1.165, 1.54) is 0 Å². The standard InChI is InChI=1S/C17H17ClN4O2/c18-15-4-3-13(9-14(15)16(23)21-12-1-2-12)22-17(24)20-10-11-5-7-19-8-6-11/h3-9,12H,1-2,10H2,(H,21,23)(H2,20,22,24). The highest BCUT2D eigenvalue weighted by Gasteiger charge is 2.24. The van der Waals surface area contributed by atoms with E-state index >= 15 is 0 Å². The lowest BCUT2D eigenvalue weighted by atomic mass is 10.2. The molecular weight excluding hydrogens is 328 g/mol. The highest BCUT2D eigenvalue weighted by Crippen LogP contribution is 2.23. The van der Waals surface area contributed by atoms with E-state index in [1.54, 1.807) is 30.6 Å². The van der Waals surface area contributed by atoms with E-state index in [9.17, 15) is 9.59 Å². The second kappa shape index (κ2) is 7.31. The summed E-state index contributed by atoms with van der Waals surface area (Å²) in [7, 11) is 0. The van der Waals surface area contributed by atoms with E-state index in [2.05, 4.69) is 20.9 Å². The Bertz CT molecular complexity index is 748. The molecule has 1 fully saturated rings. The zero-order valence-electron chi connectivity index (χ0n) is 12.9. The van der Waals surface area contributed by atoms with E-state index in [0.717, 1.165) is 18.4 Å². The minimum absolute atomic E-state index is 0.219. The fourth-order valence-corrected chi connectivity index (χ4v) is 2.33. The Kier molecular flexibility index (Phi) is 4.96. The quantitative estimate of drug-likeness (QED) is 0.779. The topological polar surface area (TPSA) is 83.1 Å². The number of carbonyl (C=O) groups is 2. The molecule has 0 atom stereocenters. The predicted molar refractivity (Wildman–Crippen MR) is 92.0 cm³/mol. The summed E-state index contributed by atoms with van der Waals surface area (Å²) in [6.07, 6.45) is 5.33. The minimum Gasteiger partial charge on any atom is -0.349 e. The summed E-state index contributed by atoms with van der Waals surface area (Å²) in [5.41, 5.74) is 1.81. The van der Waals surface area contributed by atoms with E-state index in [0.29, 0.717) is 22.8 Å². The zero-order chi connectivity index (χ0) is 16.9. The van der Waals surface area contributed by atoms with Gasteiger partial charge >= 0.3 is 6.03 Å². The van der Waals surface area contributed by atoms with Crippen molar-refractivity contribution in [3.05, 3.63) is 58.9 Å². The average molecular weight is 345 g/mol. The monoisotopic (exact) mass is 344 g/mol. The Balaban J connectivity index is 1.59. The number of amides is 3. The molecule has 124 valence electrons. The highest BCUT2D eigenvalue weighted by molar-refractivity contribution is 6.34. The van der Waals surface area contributed by atoms with Gasteiger partial charge in [-0.05, 0) is 48.7 Å². The first-order valence-corrected chi connectivity index (χ1v) is 8.04. The summed E-state index contributed by atoms with van der Waals surface area (Å²) in [5, 5.41) is 8.68. The first-order chi connectivity index (χ1) is 11.6. The maximum Gasteiger partial charge on any atom is 0.319 e. The summed E-state index contributed by atoms with van der Waals surface area (Å²) < 4.78 is 0. The summed E-state index contributed by atoms with van der Waals surface area (Å²) in [5.74, 6) is -0.219. The molecule has 1 aromatic carbocycles. The third kappa shape index (κ3) is 4.45. The van der Waals surface area contributed by atoms with Crippen molar-refractivity contribution in [2.45, 2.75) is 25.4 Å². The van der Waals surface area contributed by atoms with Crippen molar-refractivity contribution in [2.24, 2.45) is 0 Å². The molecule has 0 unspecified atom stereocenters. The van der Waals surface area contributed by atoms with Gasteiger partial charge in [0.05, 0.1) is 10.6 Å². The van der Waals surface area contributed by atoms with Crippen LogP contribution in [0.1, 0.15) is 28.8 Å². The number of pyridine rings is 1. The molecule has 0 bridgehead atoms. The van der Waals surface area contributed by atoms with E-state index in [-0.39, 0.29) is 18.0 Å². The van der Waals surface area contributed by atoms with Crippen molar-refractivity contribution in [3.63, 3.8) is 0 Å². The molecule has 0 radical (unpaired) electrons. The summed E-state index contributed by atoms with van der Waals surface area (Å²) in [4.78, 5) is 28.0. The number of carbonyl (C=O) groups excluding carboxylic acids is 2. The van der Waals surface area contributed by atoms with Gasteiger partial charge in [-0.3, -0.25) is 9.78 Å². The van der Waals surface area contributed by atoms with Gasteiger partial charge in [0.2, 0.25) is 0 Å². The number of nitrogens with one attached hydrogen (secondary N) is 3. The number of halogens is 1. The smallest absolute Gasteiger partial charge is 0.319 e. The van der Waals surface area contributed by atoms with Crippen LogP contribution in [0.25, 0.3) is 0 Å². The van der Waals surface area contributed by atoms with Crippen LogP contribution in [0.5, 0.6) is 0 Å². The lowest BCUT2D eigenvalue weighted by Gasteiger charge is -2.10. The first kappa shape index (κ1) is 16.3. The number of anilines is 1. The molecule has 7 heteroatoms. The Morgan fingerprint density at radius 3 is 2.62 bits per heavy atom. The molecule has 0 aliphatic heterocycles. The average Bonchev–Trinajstić information content (AvgIpc) is 3.39. The van der Waals surface area contributed by atoms with Crippen LogP contribution in [0.3, 0.4) is 0 Å². The molecule has 3 N–H and O–H groups in total. The van der Waals surface area contributed by atoms with Crippen LogP contribution < -0.4 is 16.0 Å². The Labute approximate surface area is 144 Å². The van der Waals surface area contributed by atoms with Crippen molar-refractivity contribution in [2.75, 3.05) is 5.32 Å². The van der Waals surface area contributed by atoms with E-state index in [4.69, 9.17) is 11.6 Å². The number of aromatic nitrogens is 1. The lowest BCUT2D eigenvalue weighted by Crippen LogP contribution is -2.29. The van der Waals surface area contributed by atoms with Crippen molar-refractivity contribution in [1.82, 2.24) is 15.6 Å². The number of urea groups is 1. The molecule has 3 rings (SSSR count). The van der Waals surface area contributed by atoms with Crippen LogP contribution in [0, 0.1) is 0 Å². The molecule has 1 aromatic heterocycles. The third-order valence-corrected chi connectivity index (χ3v) is 3.91. The molecule has 1 aliphatic carbocycles. The molecule has 0 saturated heterocycles. The third-order valence-electron chi connectivity index (χ3n) is 3.58. The molecule has 6 nitrogen and oxygen atoms in total. The van der Waals surface area contributed by atoms with Gasteiger partial charge in [-0.15, -0.1) is 0 Å². The fraction of sp³-hybridized carbons (Fsp3) is 0.235. The van der Waals surface area contributed by atoms with Crippen molar-refractivity contribution < 1.29 is 9.59 Å². The predicted octanol–water partition coefficient (Wildman–Crippen LogP) is 2.95. The number of hydrogen-bond donors (Lipinski definition) is 3. The van der Waals surface area contributed by atoms with Crippen molar-refractivity contribution >= 4 is 29.2 Å².